The van der Waals surface area contributed by atoms with E-state index in [2.05, 4.69) is 20.7 Å². The standard InChI is InChI=1S/C19H21N5O2/c1-11(2)24-18-17(10-20-24)16(9-12(3)21-18)19(26)23-15-7-5-14(6-8-15)22-13(4)25/h5-11H,1-4H3,(H,22,25)(H,23,26). The number of aromatic nitrogens is 3. The molecule has 7 nitrogen and oxygen atoms in total. The molecular formula is C19H21N5O2. The molecule has 7 heteroatoms. The average molecular weight is 351 g/mol. The van der Waals surface area contributed by atoms with E-state index in [0.29, 0.717) is 22.6 Å². The lowest BCUT2D eigenvalue weighted by atomic mass is 10.1. The van der Waals surface area contributed by atoms with Crippen LogP contribution in [0.2, 0.25) is 0 Å². The van der Waals surface area contributed by atoms with Crippen LogP contribution in [0.25, 0.3) is 11.0 Å². The first-order valence-electron chi connectivity index (χ1n) is 8.39. The lowest BCUT2D eigenvalue weighted by molar-refractivity contribution is -0.114. The molecular weight excluding hydrogens is 330 g/mol. The van der Waals surface area contributed by atoms with E-state index in [9.17, 15) is 9.59 Å². The van der Waals surface area contributed by atoms with E-state index in [4.69, 9.17) is 0 Å². The molecule has 134 valence electrons. The number of nitrogens with zero attached hydrogens (tertiary/aromatic N) is 3. The van der Waals surface area contributed by atoms with Gasteiger partial charge in [0.15, 0.2) is 5.65 Å². The van der Waals surface area contributed by atoms with Crippen molar-refractivity contribution in [1.29, 1.82) is 0 Å². The highest BCUT2D eigenvalue weighted by atomic mass is 16.2. The minimum atomic E-state index is -0.226. The van der Waals surface area contributed by atoms with Crippen molar-refractivity contribution in [3.63, 3.8) is 0 Å². The van der Waals surface area contributed by atoms with Gasteiger partial charge >= 0.3 is 0 Å². The Kier molecular flexibility index (Phi) is 4.71. The summed E-state index contributed by atoms with van der Waals surface area (Å²) in [5.41, 5.74) is 3.31. The topological polar surface area (TPSA) is 88.9 Å². The zero-order chi connectivity index (χ0) is 18.8. The van der Waals surface area contributed by atoms with Gasteiger partial charge in [0.2, 0.25) is 5.91 Å². The number of amides is 2. The molecule has 0 unspecified atom stereocenters. The molecule has 2 aromatic heterocycles. The van der Waals surface area contributed by atoms with Crippen molar-refractivity contribution in [1.82, 2.24) is 14.8 Å². The van der Waals surface area contributed by atoms with Crippen LogP contribution in [0.3, 0.4) is 0 Å². The van der Waals surface area contributed by atoms with E-state index in [-0.39, 0.29) is 17.9 Å². The Labute approximate surface area is 151 Å². The maximum atomic E-state index is 12.8. The Hall–Kier alpha value is -3.22. The Morgan fingerprint density at radius 2 is 1.69 bits per heavy atom. The van der Waals surface area contributed by atoms with E-state index >= 15 is 0 Å². The number of hydrogen-bond donors (Lipinski definition) is 2. The highest BCUT2D eigenvalue weighted by molar-refractivity contribution is 6.12. The molecule has 0 atom stereocenters. The Morgan fingerprint density at radius 1 is 1.08 bits per heavy atom. The fourth-order valence-electron chi connectivity index (χ4n) is 2.75. The molecule has 0 aliphatic heterocycles. The predicted octanol–water partition coefficient (Wildman–Crippen LogP) is 3.53. The van der Waals surface area contributed by atoms with Crippen LogP contribution in [0.4, 0.5) is 11.4 Å². The lowest BCUT2D eigenvalue weighted by Crippen LogP contribution is -2.13. The maximum absolute atomic E-state index is 12.8. The minimum Gasteiger partial charge on any atom is -0.326 e. The molecule has 3 rings (SSSR count). The summed E-state index contributed by atoms with van der Waals surface area (Å²) in [4.78, 5) is 28.4. The summed E-state index contributed by atoms with van der Waals surface area (Å²) in [7, 11) is 0. The fourth-order valence-corrected chi connectivity index (χ4v) is 2.75. The van der Waals surface area contributed by atoms with Gasteiger partial charge in [-0.2, -0.15) is 5.10 Å². The van der Waals surface area contributed by atoms with Gasteiger partial charge in [-0.3, -0.25) is 9.59 Å². The average Bonchev–Trinajstić information content (AvgIpc) is 2.99. The molecule has 0 radical (unpaired) electrons. The van der Waals surface area contributed by atoms with Crippen LogP contribution in [0.15, 0.2) is 36.5 Å². The van der Waals surface area contributed by atoms with Gasteiger partial charge in [0, 0.05) is 30.0 Å². The Balaban J connectivity index is 1.89. The van der Waals surface area contributed by atoms with Crippen molar-refractivity contribution < 1.29 is 9.59 Å². The summed E-state index contributed by atoms with van der Waals surface area (Å²) in [5.74, 6) is -0.366. The number of hydrogen-bond acceptors (Lipinski definition) is 4. The van der Waals surface area contributed by atoms with E-state index in [1.807, 2.05) is 20.8 Å². The van der Waals surface area contributed by atoms with Crippen molar-refractivity contribution in [3.8, 4) is 0 Å². The molecule has 0 saturated heterocycles. The fraction of sp³-hybridized carbons (Fsp3) is 0.263. The molecule has 0 bridgehead atoms. The molecule has 2 N–H and O–H groups in total. The SMILES string of the molecule is CC(=O)Nc1ccc(NC(=O)c2cc(C)nc3c2cnn3C(C)C)cc1. The smallest absolute Gasteiger partial charge is 0.256 e. The number of carbonyl (C=O) groups excluding carboxylic acids is 2. The van der Waals surface area contributed by atoms with Crippen LogP contribution in [0.5, 0.6) is 0 Å². The van der Waals surface area contributed by atoms with Gasteiger partial charge in [-0.25, -0.2) is 9.67 Å². The number of aryl methyl sites for hydroxylation is 1. The monoisotopic (exact) mass is 351 g/mol. The normalized spacial score (nSPS) is 11.0. The number of pyridine rings is 1. The molecule has 26 heavy (non-hydrogen) atoms. The van der Waals surface area contributed by atoms with Gasteiger partial charge in [-0.05, 0) is 51.1 Å². The Bertz CT molecular complexity index is 974. The van der Waals surface area contributed by atoms with Crippen LogP contribution < -0.4 is 10.6 Å². The van der Waals surface area contributed by atoms with Crippen LogP contribution in [0, 0.1) is 6.92 Å². The van der Waals surface area contributed by atoms with Crippen molar-refractivity contribution in [3.05, 3.63) is 47.8 Å². The van der Waals surface area contributed by atoms with Gasteiger partial charge in [0.25, 0.3) is 5.91 Å². The van der Waals surface area contributed by atoms with Crippen LogP contribution in [-0.2, 0) is 4.79 Å². The lowest BCUT2D eigenvalue weighted by Gasteiger charge is -2.10. The first-order valence-corrected chi connectivity index (χ1v) is 8.39. The van der Waals surface area contributed by atoms with Gasteiger partial charge in [-0.1, -0.05) is 0 Å². The van der Waals surface area contributed by atoms with E-state index in [0.717, 1.165) is 11.1 Å². The second-order valence-electron chi connectivity index (χ2n) is 6.44. The van der Waals surface area contributed by atoms with Crippen molar-refractivity contribution in [2.45, 2.75) is 33.7 Å². The molecule has 2 amide bonds. The highest BCUT2D eigenvalue weighted by Gasteiger charge is 2.17. The molecule has 0 fully saturated rings. The van der Waals surface area contributed by atoms with Crippen LogP contribution >= 0.6 is 0 Å². The molecule has 1 aromatic carbocycles. The summed E-state index contributed by atoms with van der Waals surface area (Å²) < 4.78 is 1.81. The van der Waals surface area contributed by atoms with Crippen molar-refractivity contribution in [2.75, 3.05) is 10.6 Å². The van der Waals surface area contributed by atoms with Gasteiger partial charge in [-0.15, -0.1) is 0 Å². The van der Waals surface area contributed by atoms with Crippen molar-refractivity contribution >= 4 is 34.2 Å². The number of fused-ring (bicyclic) bond motifs is 1. The Morgan fingerprint density at radius 3 is 2.27 bits per heavy atom. The van der Waals surface area contributed by atoms with Gasteiger partial charge < -0.3 is 10.6 Å². The highest BCUT2D eigenvalue weighted by Crippen LogP contribution is 2.22. The zero-order valence-electron chi connectivity index (χ0n) is 15.2. The minimum absolute atomic E-state index is 0.140. The predicted molar refractivity (Wildman–Crippen MR) is 101 cm³/mol. The largest absolute Gasteiger partial charge is 0.326 e. The number of carbonyl (C=O) groups is 2. The summed E-state index contributed by atoms with van der Waals surface area (Å²) in [6, 6.07) is 8.87. The van der Waals surface area contributed by atoms with Gasteiger partial charge in [0.1, 0.15) is 0 Å². The van der Waals surface area contributed by atoms with Crippen molar-refractivity contribution in [2.24, 2.45) is 0 Å². The second kappa shape index (κ2) is 6.95. The number of benzene rings is 1. The first kappa shape index (κ1) is 17.6. The third-order valence-corrected chi connectivity index (χ3v) is 3.89. The third kappa shape index (κ3) is 3.56. The molecule has 0 saturated carbocycles. The number of rotatable bonds is 4. The number of nitrogens with one attached hydrogen (secondary N) is 2. The number of anilines is 2. The molecule has 2 heterocycles. The molecule has 0 aliphatic carbocycles. The quantitative estimate of drug-likeness (QED) is 0.752. The molecule has 0 spiro atoms. The maximum Gasteiger partial charge on any atom is 0.256 e. The van der Waals surface area contributed by atoms with E-state index < -0.39 is 0 Å². The molecule has 3 aromatic rings. The van der Waals surface area contributed by atoms with Crippen LogP contribution in [-0.4, -0.2) is 26.6 Å². The summed E-state index contributed by atoms with van der Waals surface area (Å²) in [6.45, 7) is 7.35. The second-order valence-corrected chi connectivity index (χ2v) is 6.44. The summed E-state index contributed by atoms with van der Waals surface area (Å²) >= 11 is 0. The van der Waals surface area contributed by atoms with Gasteiger partial charge in [0.05, 0.1) is 17.1 Å². The summed E-state index contributed by atoms with van der Waals surface area (Å²) in [6.07, 6.45) is 1.68. The van der Waals surface area contributed by atoms with E-state index in [1.165, 1.54) is 6.92 Å². The summed E-state index contributed by atoms with van der Waals surface area (Å²) in [5, 5.41) is 10.6. The van der Waals surface area contributed by atoms with E-state index in [1.54, 1.807) is 41.2 Å². The zero-order valence-corrected chi connectivity index (χ0v) is 15.2. The first-order chi connectivity index (χ1) is 12.3. The molecule has 0 aliphatic rings. The van der Waals surface area contributed by atoms with Crippen LogP contribution in [0.1, 0.15) is 42.9 Å². The third-order valence-electron chi connectivity index (χ3n) is 3.89.